The first-order chi connectivity index (χ1) is 4.57. The molecule has 4 heteroatoms. The number of hydrogen-bond acceptors (Lipinski definition) is 3. The Morgan fingerprint density at radius 1 is 1.50 bits per heavy atom. The van der Waals surface area contributed by atoms with Gasteiger partial charge in [0.05, 0.1) is 6.54 Å². The summed E-state index contributed by atoms with van der Waals surface area (Å²) in [4.78, 5) is 20.5. The van der Waals surface area contributed by atoms with Gasteiger partial charge in [-0.2, -0.15) is 0 Å². The third kappa shape index (κ3) is 2.99. The molecule has 0 amide bonds. The summed E-state index contributed by atoms with van der Waals surface area (Å²) in [5.41, 5.74) is 4.82. The number of rotatable bonds is 4. The van der Waals surface area contributed by atoms with Gasteiger partial charge in [0.25, 0.3) is 0 Å². The van der Waals surface area contributed by atoms with Crippen LogP contribution in [-0.2, 0) is 9.59 Å². The minimum Gasteiger partial charge on any atom is -0.478 e. The van der Waals surface area contributed by atoms with Gasteiger partial charge in [0.2, 0.25) is 0 Å². The maximum atomic E-state index is 10.5. The summed E-state index contributed by atoms with van der Waals surface area (Å²) in [6.07, 6.45) is -0.161. The molecular formula is C6H9NO3. The molecule has 10 heavy (non-hydrogen) atoms. The van der Waals surface area contributed by atoms with E-state index in [4.69, 9.17) is 10.8 Å². The van der Waals surface area contributed by atoms with Crippen LogP contribution in [0.3, 0.4) is 0 Å². The molecular weight excluding hydrogens is 134 g/mol. The second-order valence-electron chi connectivity index (χ2n) is 1.83. The van der Waals surface area contributed by atoms with E-state index in [0.29, 0.717) is 0 Å². The number of nitrogens with two attached hydrogens (primary N) is 1. The highest BCUT2D eigenvalue weighted by Crippen LogP contribution is 1.96. The lowest BCUT2D eigenvalue weighted by molar-refractivity contribution is -0.133. The van der Waals surface area contributed by atoms with Crippen molar-refractivity contribution in [2.24, 2.45) is 5.73 Å². The molecule has 0 aliphatic heterocycles. The summed E-state index contributed by atoms with van der Waals surface area (Å²) in [5, 5.41) is 8.23. The van der Waals surface area contributed by atoms with Gasteiger partial charge in [-0.25, -0.2) is 4.79 Å². The Morgan fingerprint density at radius 2 is 2.00 bits per heavy atom. The molecule has 3 N–H and O–H groups in total. The highest BCUT2D eigenvalue weighted by Gasteiger charge is 2.07. The van der Waals surface area contributed by atoms with Crippen LogP contribution in [0.1, 0.15) is 6.42 Å². The molecule has 0 saturated heterocycles. The molecule has 0 saturated carbocycles. The molecule has 0 unspecified atom stereocenters. The smallest absolute Gasteiger partial charge is 0.331 e. The molecule has 0 aromatic rings. The first-order valence-electron chi connectivity index (χ1n) is 2.70. The summed E-state index contributed by atoms with van der Waals surface area (Å²) in [7, 11) is 0. The Morgan fingerprint density at radius 3 is 2.30 bits per heavy atom. The standard InChI is InChI=1S/C6H9NO3/c1-4(6(9)10)2-5(8)3-7/h1-3,7H2,(H,9,10). The summed E-state index contributed by atoms with van der Waals surface area (Å²) < 4.78 is 0. The Bertz CT molecular complexity index is 174. The molecule has 0 radical (unpaired) electrons. The van der Waals surface area contributed by atoms with Crippen molar-refractivity contribution in [3.8, 4) is 0 Å². The van der Waals surface area contributed by atoms with Gasteiger partial charge in [-0.15, -0.1) is 0 Å². The highest BCUT2D eigenvalue weighted by atomic mass is 16.4. The second-order valence-corrected chi connectivity index (χ2v) is 1.83. The third-order valence-corrected chi connectivity index (χ3v) is 0.941. The van der Waals surface area contributed by atoms with Gasteiger partial charge >= 0.3 is 5.97 Å². The van der Waals surface area contributed by atoms with Crippen LogP contribution in [0.2, 0.25) is 0 Å². The van der Waals surface area contributed by atoms with Gasteiger partial charge in [-0.3, -0.25) is 4.79 Å². The van der Waals surface area contributed by atoms with Crippen LogP contribution in [0, 0.1) is 0 Å². The normalized spacial score (nSPS) is 8.90. The predicted molar refractivity (Wildman–Crippen MR) is 35.5 cm³/mol. The Hall–Kier alpha value is -1.16. The average molecular weight is 143 g/mol. The Balaban J connectivity index is 3.80. The SMILES string of the molecule is C=C(CC(=O)CN)C(=O)O. The first-order valence-corrected chi connectivity index (χ1v) is 2.70. The van der Waals surface area contributed by atoms with Crippen LogP contribution in [0.4, 0.5) is 0 Å². The Labute approximate surface area is 58.3 Å². The van der Waals surface area contributed by atoms with Crippen molar-refractivity contribution in [3.05, 3.63) is 12.2 Å². The fourth-order valence-electron chi connectivity index (χ4n) is 0.386. The largest absolute Gasteiger partial charge is 0.478 e. The van der Waals surface area contributed by atoms with E-state index >= 15 is 0 Å². The van der Waals surface area contributed by atoms with Crippen molar-refractivity contribution in [2.45, 2.75) is 6.42 Å². The van der Waals surface area contributed by atoms with Crippen molar-refractivity contribution in [2.75, 3.05) is 6.54 Å². The molecule has 0 heterocycles. The molecule has 0 aromatic heterocycles. The number of carbonyl (C=O) groups is 2. The van der Waals surface area contributed by atoms with Crippen LogP contribution in [0.15, 0.2) is 12.2 Å². The summed E-state index contributed by atoms with van der Waals surface area (Å²) >= 11 is 0. The molecule has 0 rings (SSSR count). The number of ketones is 1. The second kappa shape index (κ2) is 3.79. The molecule has 0 atom stereocenters. The minimum absolute atomic E-state index is 0.115. The molecule has 0 fully saturated rings. The molecule has 4 nitrogen and oxygen atoms in total. The lowest BCUT2D eigenvalue weighted by Crippen LogP contribution is -2.15. The van der Waals surface area contributed by atoms with Crippen LogP contribution in [-0.4, -0.2) is 23.4 Å². The highest BCUT2D eigenvalue weighted by molar-refractivity contribution is 5.94. The maximum absolute atomic E-state index is 10.5. The first kappa shape index (κ1) is 8.84. The van der Waals surface area contributed by atoms with E-state index in [-0.39, 0.29) is 24.3 Å². The van der Waals surface area contributed by atoms with Gasteiger partial charge < -0.3 is 10.8 Å². The zero-order valence-corrected chi connectivity index (χ0v) is 5.46. The summed E-state index contributed by atoms with van der Waals surface area (Å²) in [6.45, 7) is 3.03. The van der Waals surface area contributed by atoms with Gasteiger partial charge in [-0.1, -0.05) is 6.58 Å². The van der Waals surface area contributed by atoms with Crippen molar-refractivity contribution < 1.29 is 14.7 Å². The van der Waals surface area contributed by atoms with E-state index in [2.05, 4.69) is 6.58 Å². The van der Waals surface area contributed by atoms with E-state index < -0.39 is 5.97 Å². The average Bonchev–Trinajstić information content (AvgIpc) is 1.87. The lowest BCUT2D eigenvalue weighted by Gasteiger charge is -1.95. The van der Waals surface area contributed by atoms with E-state index in [0.717, 1.165) is 0 Å². The zero-order valence-electron chi connectivity index (χ0n) is 5.46. The molecule has 0 bridgehead atoms. The van der Waals surface area contributed by atoms with Crippen molar-refractivity contribution in [1.29, 1.82) is 0 Å². The van der Waals surface area contributed by atoms with E-state index in [1.54, 1.807) is 0 Å². The van der Waals surface area contributed by atoms with Gasteiger partial charge in [-0.05, 0) is 0 Å². The predicted octanol–water partition coefficient (Wildman–Crippen LogP) is -0.455. The number of carboxylic acids is 1. The van der Waals surface area contributed by atoms with Crippen LogP contribution < -0.4 is 5.73 Å². The number of carbonyl (C=O) groups excluding carboxylic acids is 1. The molecule has 56 valence electrons. The molecule has 0 aliphatic carbocycles. The number of hydrogen-bond donors (Lipinski definition) is 2. The van der Waals surface area contributed by atoms with E-state index in [1.165, 1.54) is 0 Å². The van der Waals surface area contributed by atoms with Crippen LogP contribution >= 0.6 is 0 Å². The monoisotopic (exact) mass is 143 g/mol. The van der Waals surface area contributed by atoms with Crippen molar-refractivity contribution >= 4 is 11.8 Å². The summed E-state index contributed by atoms with van der Waals surface area (Å²) in [6, 6.07) is 0. The molecule has 0 aromatic carbocycles. The van der Waals surface area contributed by atoms with Gasteiger partial charge in [0.1, 0.15) is 0 Å². The van der Waals surface area contributed by atoms with Gasteiger partial charge in [0.15, 0.2) is 5.78 Å². The summed E-state index contributed by atoms with van der Waals surface area (Å²) in [5.74, 6) is -1.46. The number of carboxylic acid groups (broad SMARTS) is 1. The fraction of sp³-hybridized carbons (Fsp3) is 0.333. The topological polar surface area (TPSA) is 80.4 Å². The fourth-order valence-corrected chi connectivity index (χ4v) is 0.386. The van der Waals surface area contributed by atoms with E-state index in [1.807, 2.05) is 0 Å². The van der Waals surface area contributed by atoms with Crippen LogP contribution in [0.25, 0.3) is 0 Å². The van der Waals surface area contributed by atoms with Crippen molar-refractivity contribution in [1.82, 2.24) is 0 Å². The quantitative estimate of drug-likeness (QED) is 0.522. The van der Waals surface area contributed by atoms with Crippen molar-refractivity contribution in [3.63, 3.8) is 0 Å². The lowest BCUT2D eigenvalue weighted by atomic mass is 10.1. The molecule has 0 spiro atoms. The minimum atomic E-state index is -1.15. The third-order valence-electron chi connectivity index (χ3n) is 0.941. The van der Waals surface area contributed by atoms with E-state index in [9.17, 15) is 9.59 Å². The maximum Gasteiger partial charge on any atom is 0.331 e. The molecule has 0 aliphatic rings. The van der Waals surface area contributed by atoms with Crippen LogP contribution in [0.5, 0.6) is 0 Å². The zero-order chi connectivity index (χ0) is 8.15. The van der Waals surface area contributed by atoms with Gasteiger partial charge in [0, 0.05) is 12.0 Å². The number of aliphatic carboxylic acids is 1. The number of Topliss-reactive ketones (excluding diaryl/α,β-unsaturated/α-hetero) is 1. The Kier molecular flexibility index (Phi) is 3.35.